The molecule has 0 spiro atoms. The van der Waals surface area contributed by atoms with Gasteiger partial charge in [-0.25, -0.2) is 0 Å². The third-order valence-electron chi connectivity index (χ3n) is 5.80. The maximum atomic E-state index is 13.7. The highest BCUT2D eigenvalue weighted by molar-refractivity contribution is 7.99. The summed E-state index contributed by atoms with van der Waals surface area (Å²) in [4.78, 5) is 28.8. The van der Waals surface area contributed by atoms with Crippen molar-refractivity contribution < 1.29 is 9.59 Å². The molecule has 0 aromatic heterocycles. The maximum Gasteiger partial charge on any atom is 0.243 e. The molecule has 0 fully saturated rings. The van der Waals surface area contributed by atoms with Crippen molar-refractivity contribution in [2.75, 3.05) is 5.75 Å². The Balaban J connectivity index is 1.86. The molecule has 0 heterocycles. The zero-order chi connectivity index (χ0) is 26.1. The van der Waals surface area contributed by atoms with E-state index in [0.29, 0.717) is 28.8 Å². The zero-order valence-corrected chi connectivity index (χ0v) is 23.2. The van der Waals surface area contributed by atoms with Crippen LogP contribution in [-0.2, 0) is 28.3 Å². The Bertz CT molecular complexity index is 1170. The highest BCUT2D eigenvalue weighted by Gasteiger charge is 2.30. The molecule has 1 atom stereocenters. The van der Waals surface area contributed by atoms with Gasteiger partial charge < -0.3 is 10.2 Å². The summed E-state index contributed by atoms with van der Waals surface area (Å²) in [6.45, 7) is 6.24. The van der Waals surface area contributed by atoms with Crippen molar-refractivity contribution in [3.05, 3.63) is 105 Å². The number of halogens is 2. The summed E-state index contributed by atoms with van der Waals surface area (Å²) in [5, 5.41) is 4.18. The summed E-state index contributed by atoms with van der Waals surface area (Å²) in [6, 6.07) is 22.5. The highest BCUT2D eigenvalue weighted by Crippen LogP contribution is 2.25. The Morgan fingerprint density at radius 2 is 1.64 bits per heavy atom. The topological polar surface area (TPSA) is 49.4 Å². The number of rotatable bonds is 11. The predicted octanol–water partition coefficient (Wildman–Crippen LogP) is 6.70. The Morgan fingerprint density at radius 1 is 0.944 bits per heavy atom. The summed E-state index contributed by atoms with van der Waals surface area (Å²) in [5.41, 5.74) is 4.03. The molecule has 0 unspecified atom stereocenters. The van der Waals surface area contributed by atoms with Crippen LogP contribution < -0.4 is 5.32 Å². The minimum absolute atomic E-state index is 0.0346. The number of nitrogens with one attached hydrogen (secondary N) is 1. The summed E-state index contributed by atoms with van der Waals surface area (Å²) in [5.74, 6) is 0.557. The van der Waals surface area contributed by atoms with Gasteiger partial charge in [0, 0.05) is 34.8 Å². The average molecular weight is 544 g/mol. The molecule has 0 saturated carbocycles. The van der Waals surface area contributed by atoms with E-state index in [1.807, 2.05) is 81.4 Å². The smallest absolute Gasteiger partial charge is 0.243 e. The van der Waals surface area contributed by atoms with Crippen LogP contribution in [0.1, 0.15) is 36.1 Å². The SMILES string of the molecule is Cc1ccccc1CN(C(=O)CSCc1ccc(Cl)cc1Cl)[C@@H](Cc1ccccc1)C(=O)NC(C)C. The van der Waals surface area contributed by atoms with Crippen LogP contribution in [0.25, 0.3) is 0 Å². The van der Waals surface area contributed by atoms with Gasteiger partial charge in [-0.2, -0.15) is 0 Å². The average Bonchev–Trinajstić information content (AvgIpc) is 2.84. The molecule has 0 bridgehead atoms. The van der Waals surface area contributed by atoms with E-state index in [1.54, 1.807) is 17.0 Å². The molecule has 1 N–H and O–H groups in total. The molecule has 0 saturated heterocycles. The highest BCUT2D eigenvalue weighted by atomic mass is 35.5. The van der Waals surface area contributed by atoms with Gasteiger partial charge in [-0.05, 0) is 55.2 Å². The zero-order valence-electron chi connectivity index (χ0n) is 20.8. The molecule has 0 aliphatic rings. The number of carbonyl (C=O) groups is 2. The van der Waals surface area contributed by atoms with Gasteiger partial charge in [-0.1, -0.05) is 83.9 Å². The number of nitrogens with zero attached hydrogens (tertiary/aromatic N) is 1. The Morgan fingerprint density at radius 3 is 2.31 bits per heavy atom. The molecule has 3 aromatic rings. The lowest BCUT2D eigenvalue weighted by Gasteiger charge is -2.32. The number of amides is 2. The number of carbonyl (C=O) groups excluding carboxylic acids is 2. The van der Waals surface area contributed by atoms with Gasteiger partial charge in [0.2, 0.25) is 11.8 Å². The van der Waals surface area contributed by atoms with Gasteiger partial charge in [0.1, 0.15) is 6.04 Å². The summed E-state index contributed by atoms with van der Waals surface area (Å²) >= 11 is 13.8. The van der Waals surface area contributed by atoms with E-state index in [0.717, 1.165) is 22.3 Å². The number of benzene rings is 3. The lowest BCUT2D eigenvalue weighted by Crippen LogP contribution is -2.52. The summed E-state index contributed by atoms with van der Waals surface area (Å²) in [7, 11) is 0. The molecule has 0 aliphatic carbocycles. The van der Waals surface area contributed by atoms with Crippen molar-refractivity contribution in [1.29, 1.82) is 0 Å². The number of thioether (sulfide) groups is 1. The first-order valence-corrected chi connectivity index (χ1v) is 13.9. The third kappa shape index (κ3) is 8.29. The quantitative estimate of drug-likeness (QED) is 0.293. The number of aryl methyl sites for hydroxylation is 1. The Hall–Kier alpha value is -2.47. The summed E-state index contributed by atoms with van der Waals surface area (Å²) in [6.07, 6.45) is 0.435. The normalized spacial score (nSPS) is 11.8. The van der Waals surface area contributed by atoms with Crippen LogP contribution in [0.5, 0.6) is 0 Å². The van der Waals surface area contributed by atoms with Crippen LogP contribution >= 0.6 is 35.0 Å². The van der Waals surface area contributed by atoms with Crippen LogP contribution in [0, 0.1) is 6.92 Å². The fourth-order valence-electron chi connectivity index (χ4n) is 3.88. The lowest BCUT2D eigenvalue weighted by molar-refractivity contribution is -0.139. The van der Waals surface area contributed by atoms with Gasteiger partial charge in [0.15, 0.2) is 0 Å². The maximum absolute atomic E-state index is 13.7. The molecule has 3 aromatic carbocycles. The lowest BCUT2D eigenvalue weighted by atomic mass is 10.0. The van der Waals surface area contributed by atoms with E-state index < -0.39 is 6.04 Å². The molecular formula is C29H32Cl2N2O2S. The van der Waals surface area contributed by atoms with Crippen molar-refractivity contribution in [3.63, 3.8) is 0 Å². The Kier molecular flexibility index (Phi) is 10.7. The fourth-order valence-corrected chi connectivity index (χ4v) is 5.34. The number of hydrogen-bond acceptors (Lipinski definition) is 3. The largest absolute Gasteiger partial charge is 0.352 e. The van der Waals surface area contributed by atoms with Crippen LogP contribution in [0.2, 0.25) is 10.0 Å². The van der Waals surface area contributed by atoms with Crippen molar-refractivity contribution >= 4 is 46.8 Å². The van der Waals surface area contributed by atoms with Crippen molar-refractivity contribution in [2.45, 2.75) is 51.6 Å². The molecule has 0 radical (unpaired) electrons. The summed E-state index contributed by atoms with van der Waals surface area (Å²) < 4.78 is 0. The molecule has 4 nitrogen and oxygen atoms in total. The van der Waals surface area contributed by atoms with E-state index in [9.17, 15) is 9.59 Å². The molecular weight excluding hydrogens is 511 g/mol. The van der Waals surface area contributed by atoms with Crippen LogP contribution in [0.3, 0.4) is 0 Å². The standard InChI is InChI=1S/C29H32Cl2N2O2S/c1-20(2)32-29(35)27(15-22-10-5-4-6-11-22)33(17-23-12-8-7-9-21(23)3)28(34)19-36-18-24-13-14-25(30)16-26(24)31/h4-14,16,20,27H,15,17-19H2,1-3H3,(H,32,35)/t27-/m0/s1. The molecule has 190 valence electrons. The van der Waals surface area contributed by atoms with Gasteiger partial charge in [-0.3, -0.25) is 9.59 Å². The fraction of sp³-hybridized carbons (Fsp3) is 0.310. The predicted molar refractivity (Wildman–Crippen MR) is 152 cm³/mol. The monoisotopic (exact) mass is 542 g/mol. The molecule has 2 amide bonds. The van der Waals surface area contributed by atoms with Gasteiger partial charge in [0.25, 0.3) is 0 Å². The second kappa shape index (κ2) is 13.7. The molecule has 3 rings (SSSR count). The first kappa shape index (κ1) is 28.1. The van der Waals surface area contributed by atoms with Crippen molar-refractivity contribution in [2.24, 2.45) is 0 Å². The third-order valence-corrected chi connectivity index (χ3v) is 7.36. The van der Waals surface area contributed by atoms with E-state index >= 15 is 0 Å². The van der Waals surface area contributed by atoms with Gasteiger partial charge in [-0.15, -0.1) is 11.8 Å². The first-order chi connectivity index (χ1) is 17.2. The second-order valence-corrected chi connectivity index (χ2v) is 10.9. The second-order valence-electron chi connectivity index (χ2n) is 9.05. The van der Waals surface area contributed by atoms with E-state index in [2.05, 4.69) is 5.32 Å². The first-order valence-electron chi connectivity index (χ1n) is 11.9. The van der Waals surface area contributed by atoms with Crippen LogP contribution in [0.4, 0.5) is 0 Å². The minimum Gasteiger partial charge on any atom is -0.352 e. The Labute approximate surface area is 228 Å². The van der Waals surface area contributed by atoms with Crippen LogP contribution in [-0.4, -0.2) is 34.6 Å². The van der Waals surface area contributed by atoms with E-state index in [4.69, 9.17) is 23.2 Å². The van der Waals surface area contributed by atoms with E-state index in [1.165, 1.54) is 11.8 Å². The molecule has 7 heteroatoms. The van der Waals surface area contributed by atoms with E-state index in [-0.39, 0.29) is 23.6 Å². The van der Waals surface area contributed by atoms with Crippen molar-refractivity contribution in [3.8, 4) is 0 Å². The van der Waals surface area contributed by atoms with Gasteiger partial charge >= 0.3 is 0 Å². The molecule has 36 heavy (non-hydrogen) atoms. The molecule has 0 aliphatic heterocycles. The minimum atomic E-state index is -0.637. The number of hydrogen-bond donors (Lipinski definition) is 1. The van der Waals surface area contributed by atoms with Crippen molar-refractivity contribution in [1.82, 2.24) is 10.2 Å². The van der Waals surface area contributed by atoms with Crippen LogP contribution in [0.15, 0.2) is 72.8 Å². The van der Waals surface area contributed by atoms with Gasteiger partial charge in [0.05, 0.1) is 5.75 Å².